The van der Waals surface area contributed by atoms with Gasteiger partial charge in [0.1, 0.15) is 5.75 Å². The summed E-state index contributed by atoms with van der Waals surface area (Å²) in [5, 5.41) is 5.97. The Hall–Kier alpha value is -1.70. The highest BCUT2D eigenvalue weighted by Gasteiger charge is 2.07. The van der Waals surface area contributed by atoms with Crippen molar-refractivity contribution < 1.29 is 9.53 Å². The number of halogens is 1. The Bertz CT molecular complexity index is 481. The number of hydrogen-bond acceptors (Lipinski definition) is 3. The lowest BCUT2D eigenvalue weighted by Gasteiger charge is -2.12. The number of rotatable bonds is 6. The third kappa shape index (κ3) is 5.64. The van der Waals surface area contributed by atoms with Crippen LogP contribution in [0.5, 0.6) is 5.75 Å². The van der Waals surface area contributed by atoms with Gasteiger partial charge in [-0.2, -0.15) is 0 Å². The summed E-state index contributed by atoms with van der Waals surface area (Å²) in [6.45, 7) is 4.35. The number of terminal acetylenes is 1. The van der Waals surface area contributed by atoms with Crippen LogP contribution in [0, 0.1) is 12.3 Å². The highest BCUT2D eigenvalue weighted by atomic mass is 35.5. The number of carbonyl (C=O) groups excluding carboxylic acids is 1. The molecule has 0 aliphatic heterocycles. The lowest BCUT2D eigenvalue weighted by atomic mass is 10.3. The summed E-state index contributed by atoms with van der Waals surface area (Å²) in [7, 11) is 0. The molecule has 0 fully saturated rings. The van der Waals surface area contributed by atoms with E-state index in [2.05, 4.69) is 16.6 Å². The number of amides is 1. The van der Waals surface area contributed by atoms with Crippen molar-refractivity contribution in [2.45, 2.75) is 20.0 Å². The minimum absolute atomic E-state index is 0.0471. The first kappa shape index (κ1) is 15.4. The predicted octanol–water partition coefficient (Wildman–Crippen LogP) is 2.29. The van der Waals surface area contributed by atoms with Crippen LogP contribution in [0.25, 0.3) is 0 Å². The summed E-state index contributed by atoms with van der Waals surface area (Å²) < 4.78 is 5.51. The van der Waals surface area contributed by atoms with Crippen LogP contribution < -0.4 is 15.4 Å². The molecular formula is C14H17ClN2O2. The number of benzene rings is 1. The quantitative estimate of drug-likeness (QED) is 0.621. The monoisotopic (exact) mass is 280 g/mol. The Morgan fingerprint density at radius 3 is 2.84 bits per heavy atom. The maximum Gasteiger partial charge on any atom is 0.238 e. The molecule has 0 saturated carbocycles. The number of nitrogens with one attached hydrogen (secondary N) is 2. The average molecular weight is 281 g/mol. The van der Waals surface area contributed by atoms with Gasteiger partial charge >= 0.3 is 0 Å². The molecule has 1 rings (SSSR count). The highest BCUT2D eigenvalue weighted by Crippen LogP contribution is 2.28. The molecule has 102 valence electrons. The minimum atomic E-state index is -0.177. The van der Waals surface area contributed by atoms with Crippen LogP contribution in [0.3, 0.4) is 0 Å². The van der Waals surface area contributed by atoms with E-state index in [-0.39, 0.29) is 18.6 Å². The molecule has 2 N–H and O–H groups in total. The Balaban J connectivity index is 2.58. The Morgan fingerprint density at radius 1 is 1.53 bits per heavy atom. The van der Waals surface area contributed by atoms with E-state index < -0.39 is 0 Å². The van der Waals surface area contributed by atoms with E-state index in [4.69, 9.17) is 22.8 Å². The van der Waals surface area contributed by atoms with Crippen LogP contribution in [0.1, 0.15) is 13.8 Å². The summed E-state index contributed by atoms with van der Waals surface area (Å²) in [5.41, 5.74) is 0.619. The maximum atomic E-state index is 11.5. The molecule has 1 aromatic carbocycles. The van der Waals surface area contributed by atoms with Crippen LogP contribution in [0.2, 0.25) is 5.02 Å². The second kappa shape index (κ2) is 7.67. The Labute approximate surface area is 118 Å². The smallest absolute Gasteiger partial charge is 0.238 e. The summed E-state index contributed by atoms with van der Waals surface area (Å²) >= 11 is 6.07. The van der Waals surface area contributed by atoms with E-state index in [1.165, 1.54) is 0 Å². The fourth-order valence-electron chi connectivity index (χ4n) is 1.38. The highest BCUT2D eigenvalue weighted by molar-refractivity contribution is 6.32. The first-order valence-electron chi connectivity index (χ1n) is 5.93. The number of ether oxygens (including phenoxy) is 1. The molecule has 19 heavy (non-hydrogen) atoms. The summed E-state index contributed by atoms with van der Waals surface area (Å²) in [6, 6.07) is 5.12. The van der Waals surface area contributed by atoms with Gasteiger partial charge in [0.2, 0.25) is 5.91 Å². The molecule has 0 heterocycles. The van der Waals surface area contributed by atoms with Crippen LogP contribution in [0.4, 0.5) is 5.69 Å². The van der Waals surface area contributed by atoms with Gasteiger partial charge < -0.3 is 10.1 Å². The molecule has 4 nitrogen and oxygen atoms in total. The lowest BCUT2D eigenvalue weighted by molar-refractivity contribution is -0.115. The van der Waals surface area contributed by atoms with Crippen molar-refractivity contribution in [3.05, 3.63) is 23.2 Å². The van der Waals surface area contributed by atoms with Crippen molar-refractivity contribution in [3.8, 4) is 18.1 Å². The van der Waals surface area contributed by atoms with E-state index >= 15 is 0 Å². The van der Waals surface area contributed by atoms with Gasteiger partial charge in [-0.05, 0) is 32.0 Å². The molecule has 1 aromatic rings. The number of carbonyl (C=O) groups is 1. The van der Waals surface area contributed by atoms with Crippen molar-refractivity contribution in [1.82, 2.24) is 5.32 Å². The summed E-state index contributed by atoms with van der Waals surface area (Å²) in [6.07, 6.45) is 5.12. The maximum absolute atomic E-state index is 11.5. The molecule has 1 amide bonds. The Morgan fingerprint density at radius 2 is 2.26 bits per heavy atom. The zero-order chi connectivity index (χ0) is 14.3. The first-order chi connectivity index (χ1) is 9.02. The van der Waals surface area contributed by atoms with Gasteiger partial charge in [-0.25, -0.2) is 0 Å². The van der Waals surface area contributed by atoms with Gasteiger partial charge in [0.25, 0.3) is 0 Å². The second-order valence-electron chi connectivity index (χ2n) is 4.17. The molecule has 0 saturated heterocycles. The Kier molecular flexibility index (Phi) is 6.20. The molecule has 0 aliphatic carbocycles. The topological polar surface area (TPSA) is 50.4 Å². The number of hydrogen-bond donors (Lipinski definition) is 2. The third-order valence-corrected chi connectivity index (χ3v) is 2.39. The first-order valence-corrected chi connectivity index (χ1v) is 6.31. The molecule has 0 aliphatic rings. The molecule has 0 radical (unpaired) electrons. The van der Waals surface area contributed by atoms with E-state index in [0.29, 0.717) is 23.0 Å². The van der Waals surface area contributed by atoms with Crippen molar-refractivity contribution in [2.75, 3.05) is 18.4 Å². The standard InChI is InChI=1S/C14H17ClN2O2/c1-4-7-16-9-14(18)17-11-5-6-13(12(15)8-11)19-10(2)3/h1,5-6,8,10,16H,7,9H2,2-3H3,(H,17,18). The molecule has 0 atom stereocenters. The van der Waals surface area contributed by atoms with Crippen LogP contribution in [-0.4, -0.2) is 25.1 Å². The normalized spacial score (nSPS) is 10.1. The third-order valence-electron chi connectivity index (χ3n) is 2.09. The van der Waals surface area contributed by atoms with Gasteiger partial charge in [-0.1, -0.05) is 17.5 Å². The van der Waals surface area contributed by atoms with Gasteiger partial charge in [0.15, 0.2) is 0 Å². The van der Waals surface area contributed by atoms with Crippen LogP contribution >= 0.6 is 11.6 Å². The van der Waals surface area contributed by atoms with E-state index in [0.717, 1.165) is 0 Å². The zero-order valence-corrected chi connectivity index (χ0v) is 11.8. The van der Waals surface area contributed by atoms with Gasteiger partial charge in [-0.15, -0.1) is 6.42 Å². The molecular weight excluding hydrogens is 264 g/mol. The zero-order valence-electron chi connectivity index (χ0n) is 11.0. The van der Waals surface area contributed by atoms with Crippen molar-refractivity contribution in [2.24, 2.45) is 0 Å². The van der Waals surface area contributed by atoms with Gasteiger partial charge in [-0.3, -0.25) is 10.1 Å². The molecule has 0 unspecified atom stereocenters. The largest absolute Gasteiger partial charge is 0.489 e. The fraction of sp³-hybridized carbons (Fsp3) is 0.357. The van der Waals surface area contributed by atoms with E-state index in [9.17, 15) is 4.79 Å². The van der Waals surface area contributed by atoms with Crippen LogP contribution in [-0.2, 0) is 4.79 Å². The van der Waals surface area contributed by atoms with Crippen LogP contribution in [0.15, 0.2) is 18.2 Å². The molecule has 5 heteroatoms. The second-order valence-corrected chi connectivity index (χ2v) is 4.57. The van der Waals surface area contributed by atoms with Crippen molar-refractivity contribution in [1.29, 1.82) is 0 Å². The summed E-state index contributed by atoms with van der Waals surface area (Å²) in [4.78, 5) is 11.5. The average Bonchev–Trinajstić information content (AvgIpc) is 2.32. The molecule has 0 bridgehead atoms. The van der Waals surface area contributed by atoms with Crippen molar-refractivity contribution in [3.63, 3.8) is 0 Å². The molecule has 0 aromatic heterocycles. The van der Waals surface area contributed by atoms with Gasteiger partial charge in [0, 0.05) is 5.69 Å². The fourth-order valence-corrected chi connectivity index (χ4v) is 1.61. The van der Waals surface area contributed by atoms with E-state index in [1.54, 1.807) is 18.2 Å². The SMILES string of the molecule is C#CCNCC(=O)Nc1ccc(OC(C)C)c(Cl)c1. The number of anilines is 1. The summed E-state index contributed by atoms with van der Waals surface area (Å²) in [5.74, 6) is 2.81. The van der Waals surface area contributed by atoms with E-state index in [1.807, 2.05) is 13.8 Å². The minimum Gasteiger partial charge on any atom is -0.489 e. The predicted molar refractivity (Wildman–Crippen MR) is 77.5 cm³/mol. The molecule has 0 spiro atoms. The lowest BCUT2D eigenvalue weighted by Crippen LogP contribution is -2.28. The van der Waals surface area contributed by atoms with Gasteiger partial charge in [0.05, 0.1) is 24.2 Å². The van der Waals surface area contributed by atoms with Crippen molar-refractivity contribution >= 4 is 23.2 Å².